The van der Waals surface area contributed by atoms with E-state index < -0.39 is 0 Å². The van der Waals surface area contributed by atoms with E-state index in [0.717, 1.165) is 6.54 Å². The van der Waals surface area contributed by atoms with Gasteiger partial charge < -0.3 is 10.0 Å². The Balaban J connectivity index is 0. The molecule has 0 aromatic heterocycles. The Morgan fingerprint density at radius 3 is 1.86 bits per heavy atom. The Labute approximate surface area is 63.6 Å². The van der Waals surface area contributed by atoms with Gasteiger partial charge in [0, 0.05) is 32.7 Å². The molecule has 0 amide bonds. The molecule has 3 heteroatoms. The van der Waals surface area contributed by atoms with E-state index in [0.29, 0.717) is 0 Å². The minimum Gasteiger partial charge on any atom is -0.395 e. The Bertz CT molecular complexity index is 32.9. The molecule has 0 unspecified atom stereocenters. The summed E-state index contributed by atoms with van der Waals surface area (Å²) in [5.41, 5.74) is 0. The summed E-state index contributed by atoms with van der Waals surface area (Å²) in [5, 5.41) is 8.20. The molecule has 0 aromatic carbocycles. The molecule has 0 bridgehead atoms. The molecule has 0 heterocycles. The summed E-state index contributed by atoms with van der Waals surface area (Å²) in [6, 6.07) is 0. The molecule has 0 saturated heterocycles. The van der Waals surface area contributed by atoms with E-state index in [9.17, 15) is 0 Å². The fourth-order valence-corrected chi connectivity index (χ4v) is 0.200. The number of likely N-dealkylation sites (N-methyl/N-ethyl adjacent to an activating group) is 1. The first-order valence-corrected chi connectivity index (χ1v) is 2.03. The molecular formula is C4H11NOZr. The van der Waals surface area contributed by atoms with Crippen molar-refractivity contribution in [2.45, 2.75) is 0 Å². The van der Waals surface area contributed by atoms with Gasteiger partial charge in [0.2, 0.25) is 0 Å². The van der Waals surface area contributed by atoms with Gasteiger partial charge in [0.1, 0.15) is 0 Å². The average Bonchev–Trinajstić information content (AvgIpc) is 1.35. The van der Waals surface area contributed by atoms with Crippen LogP contribution in [0, 0.1) is 0 Å². The van der Waals surface area contributed by atoms with E-state index in [4.69, 9.17) is 5.11 Å². The largest absolute Gasteiger partial charge is 0.395 e. The van der Waals surface area contributed by atoms with Gasteiger partial charge in [-0.25, -0.2) is 0 Å². The SMILES string of the molecule is CN(C)CCO.[Zr]. The first kappa shape index (κ1) is 10.7. The van der Waals surface area contributed by atoms with Gasteiger partial charge in [-0.2, -0.15) is 0 Å². The van der Waals surface area contributed by atoms with E-state index in [-0.39, 0.29) is 32.8 Å². The molecule has 0 rings (SSSR count). The molecule has 2 nitrogen and oxygen atoms in total. The van der Waals surface area contributed by atoms with Gasteiger partial charge in [-0.3, -0.25) is 0 Å². The van der Waals surface area contributed by atoms with Crippen LogP contribution in [0.25, 0.3) is 0 Å². The van der Waals surface area contributed by atoms with Gasteiger partial charge in [-0.1, -0.05) is 0 Å². The molecule has 0 aliphatic rings. The van der Waals surface area contributed by atoms with Gasteiger partial charge in [0.05, 0.1) is 6.61 Å². The van der Waals surface area contributed by atoms with Gasteiger partial charge in [0.25, 0.3) is 0 Å². The van der Waals surface area contributed by atoms with Crippen molar-refractivity contribution in [3.8, 4) is 0 Å². The van der Waals surface area contributed by atoms with Crippen LogP contribution < -0.4 is 0 Å². The molecule has 0 spiro atoms. The monoisotopic (exact) mass is 179 g/mol. The van der Waals surface area contributed by atoms with E-state index in [2.05, 4.69) is 0 Å². The first-order chi connectivity index (χ1) is 2.77. The molecule has 0 aliphatic heterocycles. The zero-order valence-corrected chi connectivity index (χ0v) is 7.27. The molecule has 1 N–H and O–H groups in total. The molecular weight excluding hydrogens is 169 g/mol. The zero-order valence-electron chi connectivity index (χ0n) is 4.81. The average molecular weight is 180 g/mol. The second kappa shape index (κ2) is 6.80. The quantitative estimate of drug-likeness (QED) is 0.621. The van der Waals surface area contributed by atoms with Crippen LogP contribution in [0.4, 0.5) is 0 Å². The molecule has 0 fully saturated rings. The summed E-state index contributed by atoms with van der Waals surface area (Å²) in [6.45, 7) is 1.02. The fraction of sp³-hybridized carbons (Fsp3) is 1.00. The number of hydrogen-bond acceptors (Lipinski definition) is 2. The van der Waals surface area contributed by atoms with E-state index >= 15 is 0 Å². The van der Waals surface area contributed by atoms with E-state index in [1.165, 1.54) is 0 Å². The van der Waals surface area contributed by atoms with Crippen molar-refractivity contribution in [1.29, 1.82) is 0 Å². The number of rotatable bonds is 2. The number of aliphatic hydroxyl groups excluding tert-OH is 1. The third-order valence-corrected chi connectivity index (χ3v) is 0.547. The molecule has 0 atom stereocenters. The minimum absolute atomic E-state index is 0. The van der Waals surface area contributed by atoms with Crippen LogP contribution in [-0.2, 0) is 26.2 Å². The molecule has 42 valence electrons. The van der Waals surface area contributed by atoms with Gasteiger partial charge >= 0.3 is 0 Å². The molecule has 7 heavy (non-hydrogen) atoms. The van der Waals surface area contributed by atoms with Crippen molar-refractivity contribution >= 4 is 0 Å². The van der Waals surface area contributed by atoms with Crippen molar-refractivity contribution in [3.05, 3.63) is 0 Å². The van der Waals surface area contributed by atoms with Crippen LogP contribution in [0.2, 0.25) is 0 Å². The molecule has 0 saturated carbocycles. The second-order valence-electron chi connectivity index (χ2n) is 1.53. The van der Waals surface area contributed by atoms with Crippen LogP contribution in [0.5, 0.6) is 0 Å². The Kier molecular flexibility index (Phi) is 10.4. The van der Waals surface area contributed by atoms with Crippen molar-refractivity contribution in [3.63, 3.8) is 0 Å². The summed E-state index contributed by atoms with van der Waals surface area (Å²) >= 11 is 0. The first-order valence-electron chi connectivity index (χ1n) is 2.03. The maximum absolute atomic E-state index is 8.20. The van der Waals surface area contributed by atoms with Crippen LogP contribution in [0.15, 0.2) is 0 Å². The van der Waals surface area contributed by atoms with E-state index in [1.807, 2.05) is 19.0 Å². The van der Waals surface area contributed by atoms with Crippen LogP contribution in [0.3, 0.4) is 0 Å². The van der Waals surface area contributed by atoms with Crippen molar-refractivity contribution in [2.75, 3.05) is 27.2 Å². The number of hydrogen-bond donors (Lipinski definition) is 1. The van der Waals surface area contributed by atoms with Crippen LogP contribution in [-0.4, -0.2) is 37.3 Å². The normalized spacial score (nSPS) is 8.57. The predicted octanol–water partition coefficient (Wildman–Crippen LogP) is -0.462. The Hall–Kier alpha value is 0.803. The summed E-state index contributed by atoms with van der Waals surface area (Å²) in [4.78, 5) is 1.93. The summed E-state index contributed by atoms with van der Waals surface area (Å²) in [6.07, 6.45) is 0. The van der Waals surface area contributed by atoms with Crippen molar-refractivity contribution < 1.29 is 31.3 Å². The van der Waals surface area contributed by atoms with Crippen LogP contribution >= 0.6 is 0 Å². The maximum Gasteiger partial charge on any atom is 0.0558 e. The third-order valence-electron chi connectivity index (χ3n) is 0.547. The number of nitrogens with zero attached hydrogens (tertiary/aromatic N) is 1. The number of aliphatic hydroxyl groups is 1. The summed E-state index contributed by atoms with van der Waals surface area (Å²) in [5.74, 6) is 0. The Morgan fingerprint density at radius 1 is 1.43 bits per heavy atom. The van der Waals surface area contributed by atoms with Crippen molar-refractivity contribution in [1.82, 2.24) is 4.90 Å². The zero-order chi connectivity index (χ0) is 4.99. The second-order valence-corrected chi connectivity index (χ2v) is 1.53. The van der Waals surface area contributed by atoms with Crippen molar-refractivity contribution in [2.24, 2.45) is 0 Å². The summed E-state index contributed by atoms with van der Waals surface area (Å²) < 4.78 is 0. The van der Waals surface area contributed by atoms with Gasteiger partial charge in [-0.15, -0.1) is 0 Å². The topological polar surface area (TPSA) is 23.5 Å². The van der Waals surface area contributed by atoms with Gasteiger partial charge in [-0.05, 0) is 14.1 Å². The predicted molar refractivity (Wildman–Crippen MR) is 25.6 cm³/mol. The molecule has 0 aromatic rings. The standard InChI is InChI=1S/C4H11NO.Zr/c1-5(2)3-4-6;/h6H,3-4H2,1-2H3;. The van der Waals surface area contributed by atoms with Crippen LogP contribution in [0.1, 0.15) is 0 Å². The maximum atomic E-state index is 8.20. The molecule has 0 radical (unpaired) electrons. The third kappa shape index (κ3) is 10.9. The summed E-state index contributed by atoms with van der Waals surface area (Å²) in [7, 11) is 3.85. The smallest absolute Gasteiger partial charge is 0.0558 e. The minimum atomic E-state index is 0. The Morgan fingerprint density at radius 2 is 1.86 bits per heavy atom. The molecule has 0 aliphatic carbocycles. The van der Waals surface area contributed by atoms with Gasteiger partial charge in [0.15, 0.2) is 0 Å². The fourth-order valence-electron chi connectivity index (χ4n) is 0.200. The van der Waals surface area contributed by atoms with E-state index in [1.54, 1.807) is 0 Å².